The van der Waals surface area contributed by atoms with Gasteiger partial charge in [0.15, 0.2) is 0 Å². The van der Waals surface area contributed by atoms with E-state index in [-0.39, 0.29) is 12.1 Å². The largest absolute Gasteiger partial charge is 0.497 e. The zero-order valence-corrected chi connectivity index (χ0v) is 19.6. The minimum atomic E-state index is -1.95. The van der Waals surface area contributed by atoms with E-state index in [1.807, 2.05) is 0 Å². The topological polar surface area (TPSA) is 65.0 Å². The van der Waals surface area contributed by atoms with Crippen LogP contribution in [0.25, 0.3) is 0 Å². The lowest BCUT2D eigenvalue weighted by Crippen LogP contribution is -2.46. The van der Waals surface area contributed by atoms with Gasteiger partial charge in [-0.25, -0.2) is 4.79 Å². The number of esters is 1. The van der Waals surface area contributed by atoms with Crippen molar-refractivity contribution in [3.05, 3.63) is 71.8 Å². The van der Waals surface area contributed by atoms with E-state index in [1.165, 1.54) is 0 Å². The van der Waals surface area contributed by atoms with Crippen molar-refractivity contribution in [1.29, 1.82) is 0 Å². The Hall–Kier alpha value is -2.83. The molecule has 0 heterocycles. The van der Waals surface area contributed by atoms with Crippen LogP contribution in [0.4, 0.5) is 0 Å². The summed E-state index contributed by atoms with van der Waals surface area (Å²) in [6.45, 7) is 0. The number of likely N-dealkylation sites (N-methyl/N-ethyl adjacent to an activating group) is 1. The normalized spacial score (nSPS) is 19.2. The number of carbonyl (C=O) groups is 1. The molecule has 0 aromatic heterocycles. The molecule has 0 fully saturated rings. The standard InChI is InChI=1S/C26H34NO5/c1-27(2,3)21-8-6-7-9-24(18-21)32-25(28)26(29,19-10-14-22(30-4)15-11-19)20-12-16-23(31-5)17-13-20/h6,8,10-17,21,24,29H,7,9,18H2,1-5H3/q+1/t21?,24-/m1/s1. The van der Waals surface area contributed by atoms with Crippen molar-refractivity contribution in [3.63, 3.8) is 0 Å². The van der Waals surface area contributed by atoms with Gasteiger partial charge in [0.1, 0.15) is 23.6 Å². The van der Waals surface area contributed by atoms with Crippen molar-refractivity contribution < 1.29 is 28.6 Å². The molecule has 2 atom stereocenters. The van der Waals surface area contributed by atoms with Crippen molar-refractivity contribution >= 4 is 5.97 Å². The highest BCUT2D eigenvalue weighted by Crippen LogP contribution is 2.35. The Kier molecular flexibility index (Phi) is 7.26. The summed E-state index contributed by atoms with van der Waals surface area (Å²) < 4.78 is 17.2. The maximum Gasteiger partial charge on any atom is 0.347 e. The number of methoxy groups -OCH3 is 2. The van der Waals surface area contributed by atoms with Crippen LogP contribution in [-0.2, 0) is 15.1 Å². The highest BCUT2D eigenvalue weighted by atomic mass is 16.6. The fourth-order valence-corrected chi connectivity index (χ4v) is 3.99. The van der Waals surface area contributed by atoms with E-state index in [0.29, 0.717) is 29.0 Å². The maximum atomic E-state index is 13.6. The molecular formula is C26H34NO5+. The number of allylic oxidation sites excluding steroid dienone is 1. The van der Waals surface area contributed by atoms with E-state index in [9.17, 15) is 9.90 Å². The van der Waals surface area contributed by atoms with Gasteiger partial charge in [-0.3, -0.25) is 0 Å². The summed E-state index contributed by atoms with van der Waals surface area (Å²) in [6, 6.07) is 13.9. The van der Waals surface area contributed by atoms with E-state index >= 15 is 0 Å². The van der Waals surface area contributed by atoms with E-state index in [1.54, 1.807) is 62.8 Å². The zero-order valence-electron chi connectivity index (χ0n) is 19.6. The molecule has 0 saturated carbocycles. The maximum absolute atomic E-state index is 13.6. The average molecular weight is 441 g/mol. The molecule has 1 aliphatic carbocycles. The van der Waals surface area contributed by atoms with Gasteiger partial charge in [-0.2, -0.15) is 0 Å². The van der Waals surface area contributed by atoms with Crippen molar-refractivity contribution in [2.24, 2.45) is 0 Å². The van der Waals surface area contributed by atoms with Gasteiger partial charge in [0, 0.05) is 6.42 Å². The molecule has 32 heavy (non-hydrogen) atoms. The molecule has 6 heteroatoms. The Morgan fingerprint density at radius 1 is 0.938 bits per heavy atom. The zero-order chi connectivity index (χ0) is 23.4. The molecule has 0 bridgehead atoms. The summed E-state index contributed by atoms with van der Waals surface area (Å²) in [4.78, 5) is 13.6. The van der Waals surface area contributed by atoms with Crippen LogP contribution in [0, 0.1) is 0 Å². The molecule has 0 radical (unpaired) electrons. The predicted molar refractivity (Wildman–Crippen MR) is 124 cm³/mol. The van der Waals surface area contributed by atoms with Crippen molar-refractivity contribution in [2.45, 2.75) is 37.0 Å². The molecule has 1 unspecified atom stereocenters. The molecule has 172 valence electrons. The smallest absolute Gasteiger partial charge is 0.347 e. The predicted octanol–water partition coefficient (Wildman–Crippen LogP) is 3.67. The summed E-state index contributed by atoms with van der Waals surface area (Å²) in [6.07, 6.45) is 6.32. The lowest BCUT2D eigenvalue weighted by atomic mass is 9.86. The van der Waals surface area contributed by atoms with Crippen LogP contribution in [0.2, 0.25) is 0 Å². The lowest BCUT2D eigenvalue weighted by molar-refractivity contribution is -0.889. The first kappa shape index (κ1) is 23.8. The quantitative estimate of drug-likeness (QED) is 0.404. The van der Waals surface area contributed by atoms with Crippen LogP contribution in [-0.4, -0.2) is 63.1 Å². The summed E-state index contributed by atoms with van der Waals surface area (Å²) in [5, 5.41) is 11.8. The molecule has 1 N–H and O–H groups in total. The first-order valence-corrected chi connectivity index (χ1v) is 10.9. The van der Waals surface area contributed by atoms with Gasteiger partial charge in [0.2, 0.25) is 5.60 Å². The molecule has 2 aromatic carbocycles. The van der Waals surface area contributed by atoms with E-state index in [0.717, 1.165) is 17.3 Å². The summed E-state index contributed by atoms with van der Waals surface area (Å²) in [7, 11) is 9.53. The van der Waals surface area contributed by atoms with Gasteiger partial charge >= 0.3 is 5.97 Å². The number of hydrogen-bond acceptors (Lipinski definition) is 5. The van der Waals surface area contributed by atoms with Gasteiger partial charge in [-0.15, -0.1) is 0 Å². The Morgan fingerprint density at radius 2 is 1.44 bits per heavy atom. The van der Waals surface area contributed by atoms with Crippen LogP contribution >= 0.6 is 0 Å². The molecule has 3 rings (SSSR count). The van der Waals surface area contributed by atoms with Gasteiger partial charge in [-0.05, 0) is 54.3 Å². The summed E-state index contributed by atoms with van der Waals surface area (Å²) >= 11 is 0. The van der Waals surface area contributed by atoms with Gasteiger partial charge in [-0.1, -0.05) is 30.3 Å². The second-order valence-electron chi connectivity index (χ2n) is 9.12. The van der Waals surface area contributed by atoms with Crippen molar-refractivity contribution in [3.8, 4) is 11.5 Å². The van der Waals surface area contributed by atoms with E-state index in [4.69, 9.17) is 14.2 Å². The number of benzene rings is 2. The number of ether oxygens (including phenoxy) is 3. The van der Waals surface area contributed by atoms with Crippen LogP contribution in [0.3, 0.4) is 0 Å². The number of rotatable bonds is 7. The number of quaternary nitrogens is 1. The number of aliphatic hydroxyl groups is 1. The average Bonchev–Trinajstić information content (AvgIpc) is 3.04. The fraction of sp³-hybridized carbons (Fsp3) is 0.423. The summed E-state index contributed by atoms with van der Waals surface area (Å²) in [5.74, 6) is 0.597. The highest BCUT2D eigenvalue weighted by molar-refractivity contribution is 5.85. The van der Waals surface area contributed by atoms with Gasteiger partial charge < -0.3 is 23.8 Å². The van der Waals surface area contributed by atoms with Crippen LogP contribution in [0.1, 0.15) is 30.4 Å². The Balaban J connectivity index is 1.94. The van der Waals surface area contributed by atoms with Gasteiger partial charge in [0.05, 0.1) is 35.4 Å². The Bertz CT molecular complexity index is 881. The minimum absolute atomic E-state index is 0.227. The first-order valence-electron chi connectivity index (χ1n) is 10.9. The van der Waals surface area contributed by atoms with Gasteiger partial charge in [0.25, 0.3) is 0 Å². The third kappa shape index (κ3) is 5.14. The molecule has 0 spiro atoms. The number of hydrogen-bond donors (Lipinski definition) is 1. The van der Waals surface area contributed by atoms with E-state index in [2.05, 4.69) is 33.3 Å². The number of nitrogens with zero attached hydrogens (tertiary/aromatic N) is 1. The Labute approximate surface area is 190 Å². The summed E-state index contributed by atoms with van der Waals surface area (Å²) in [5.41, 5.74) is -1.11. The monoisotopic (exact) mass is 440 g/mol. The fourth-order valence-electron chi connectivity index (χ4n) is 3.99. The lowest BCUT2D eigenvalue weighted by Gasteiger charge is -2.34. The molecule has 0 amide bonds. The molecule has 1 aliphatic rings. The van der Waals surface area contributed by atoms with Crippen LogP contribution < -0.4 is 9.47 Å². The van der Waals surface area contributed by atoms with Crippen LogP contribution in [0.15, 0.2) is 60.7 Å². The minimum Gasteiger partial charge on any atom is -0.497 e. The van der Waals surface area contributed by atoms with Crippen molar-refractivity contribution in [1.82, 2.24) is 0 Å². The first-order chi connectivity index (χ1) is 15.2. The molecule has 2 aromatic rings. The number of carbonyl (C=O) groups excluding carboxylic acids is 1. The Morgan fingerprint density at radius 3 is 1.88 bits per heavy atom. The van der Waals surface area contributed by atoms with Crippen molar-refractivity contribution in [2.75, 3.05) is 35.4 Å². The second kappa shape index (κ2) is 9.76. The van der Waals surface area contributed by atoms with Crippen LogP contribution in [0.5, 0.6) is 11.5 Å². The third-order valence-electron chi connectivity index (χ3n) is 6.10. The SMILES string of the molecule is COc1ccc(C(O)(C(=O)O[C@@H]2CCC=CC([N+](C)(C)C)C2)c2ccc(OC)cc2)cc1. The second-order valence-corrected chi connectivity index (χ2v) is 9.12. The molecule has 0 aliphatic heterocycles. The highest BCUT2D eigenvalue weighted by Gasteiger charge is 2.43. The third-order valence-corrected chi connectivity index (χ3v) is 6.10. The van der Waals surface area contributed by atoms with E-state index < -0.39 is 11.6 Å². The molecular weight excluding hydrogens is 406 g/mol. The molecule has 0 saturated heterocycles. The molecule has 6 nitrogen and oxygen atoms in total.